The molecule has 0 aliphatic carbocycles. The van der Waals surface area contributed by atoms with E-state index in [2.05, 4.69) is 15.4 Å². The fraction of sp³-hybridized carbons (Fsp3) is 0.524. The Balaban J connectivity index is 1.60. The van der Waals surface area contributed by atoms with Crippen molar-refractivity contribution in [1.29, 1.82) is 0 Å². The van der Waals surface area contributed by atoms with Crippen molar-refractivity contribution in [1.82, 2.24) is 19.7 Å². The zero-order valence-electron chi connectivity index (χ0n) is 17.7. The van der Waals surface area contributed by atoms with Gasteiger partial charge < -0.3 is 15.0 Å². The van der Waals surface area contributed by atoms with Gasteiger partial charge in [0.2, 0.25) is 0 Å². The molecule has 3 heterocycles. The lowest BCUT2D eigenvalue weighted by Gasteiger charge is -2.33. The molecule has 0 radical (unpaired) electrons. The third-order valence-electron chi connectivity index (χ3n) is 4.85. The van der Waals surface area contributed by atoms with Crippen LogP contribution in [0.1, 0.15) is 50.8 Å². The van der Waals surface area contributed by atoms with Crippen LogP contribution in [0.3, 0.4) is 0 Å². The Hall–Kier alpha value is -2.90. The van der Waals surface area contributed by atoms with Crippen LogP contribution in [-0.4, -0.2) is 44.4 Å². The number of likely N-dealkylation sites (tertiary alicyclic amines) is 1. The largest absolute Gasteiger partial charge is 0.444 e. The number of aromatic nitrogens is 3. The number of amides is 1. The summed E-state index contributed by atoms with van der Waals surface area (Å²) >= 11 is 0. The molecule has 0 atom stereocenters. The van der Waals surface area contributed by atoms with E-state index >= 15 is 0 Å². The highest BCUT2D eigenvalue weighted by molar-refractivity contribution is 5.68. The third-order valence-corrected chi connectivity index (χ3v) is 4.85. The van der Waals surface area contributed by atoms with Crippen LogP contribution in [0.25, 0.3) is 0 Å². The van der Waals surface area contributed by atoms with Gasteiger partial charge in [-0.25, -0.2) is 14.5 Å². The van der Waals surface area contributed by atoms with Gasteiger partial charge in [0.15, 0.2) is 0 Å². The Bertz CT molecular complexity index is 923. The second-order valence-corrected chi connectivity index (χ2v) is 8.47. The van der Waals surface area contributed by atoms with Gasteiger partial charge in [-0.3, -0.25) is 4.79 Å². The summed E-state index contributed by atoms with van der Waals surface area (Å²) in [6, 6.07) is 5.62. The first-order valence-corrected chi connectivity index (χ1v) is 9.88. The summed E-state index contributed by atoms with van der Waals surface area (Å²) in [5.41, 5.74) is 1.66. The number of carbonyl (C=O) groups excluding carboxylic acids is 1. The molecule has 156 valence electrons. The van der Waals surface area contributed by atoms with Crippen LogP contribution >= 0.6 is 0 Å². The molecule has 0 saturated carbocycles. The Morgan fingerprint density at radius 3 is 2.52 bits per heavy atom. The number of nitrogens with one attached hydrogen (secondary N) is 1. The Kier molecular flexibility index (Phi) is 5.91. The molecule has 8 heteroatoms. The molecule has 0 unspecified atom stereocenters. The van der Waals surface area contributed by atoms with Crippen LogP contribution in [0, 0.1) is 6.92 Å². The molecule has 1 fully saturated rings. The molecule has 1 N–H and O–H groups in total. The number of anilines is 2. The van der Waals surface area contributed by atoms with Crippen molar-refractivity contribution in [3.05, 3.63) is 46.0 Å². The maximum absolute atomic E-state index is 12.2. The summed E-state index contributed by atoms with van der Waals surface area (Å²) in [5, 5.41) is 7.17. The molecule has 0 spiro atoms. The fourth-order valence-electron chi connectivity index (χ4n) is 3.43. The first-order valence-electron chi connectivity index (χ1n) is 9.88. The van der Waals surface area contributed by atoms with Crippen molar-refractivity contribution in [2.75, 3.05) is 18.4 Å². The summed E-state index contributed by atoms with van der Waals surface area (Å²) in [4.78, 5) is 30.6. The van der Waals surface area contributed by atoms with E-state index in [0.717, 1.165) is 24.1 Å². The van der Waals surface area contributed by atoms with E-state index in [0.29, 0.717) is 30.5 Å². The minimum absolute atomic E-state index is 0.198. The lowest BCUT2D eigenvalue weighted by atomic mass is 9.90. The third kappa shape index (κ3) is 5.34. The molecule has 1 aliphatic rings. The van der Waals surface area contributed by atoms with Crippen molar-refractivity contribution >= 4 is 17.6 Å². The highest BCUT2D eigenvalue weighted by atomic mass is 16.6. The maximum atomic E-state index is 12.2. The van der Waals surface area contributed by atoms with Gasteiger partial charge in [0.1, 0.15) is 17.1 Å². The molecule has 8 nitrogen and oxygen atoms in total. The summed E-state index contributed by atoms with van der Waals surface area (Å²) in [5.74, 6) is 0.967. The number of ether oxygens (including phenoxy) is 1. The van der Waals surface area contributed by atoms with Crippen LogP contribution in [0.2, 0.25) is 0 Å². The normalized spacial score (nSPS) is 15.3. The number of carbonyl (C=O) groups is 1. The molecule has 2 aromatic rings. The number of hydrogen-bond acceptors (Lipinski definition) is 6. The molecular weight excluding hydrogens is 370 g/mol. The second-order valence-electron chi connectivity index (χ2n) is 8.47. The van der Waals surface area contributed by atoms with Crippen molar-refractivity contribution in [2.45, 2.75) is 52.1 Å². The van der Waals surface area contributed by atoms with Gasteiger partial charge in [-0.2, -0.15) is 5.10 Å². The van der Waals surface area contributed by atoms with E-state index in [9.17, 15) is 9.59 Å². The van der Waals surface area contributed by atoms with Crippen molar-refractivity contribution in [3.8, 4) is 0 Å². The summed E-state index contributed by atoms with van der Waals surface area (Å²) in [6.45, 7) is 8.81. The highest BCUT2D eigenvalue weighted by Gasteiger charge is 2.27. The first kappa shape index (κ1) is 20.8. The van der Waals surface area contributed by atoms with Crippen LogP contribution in [-0.2, 0) is 11.8 Å². The van der Waals surface area contributed by atoms with Gasteiger partial charge >= 0.3 is 6.09 Å². The maximum Gasteiger partial charge on any atom is 0.410 e. The minimum atomic E-state index is -0.477. The van der Waals surface area contributed by atoms with Gasteiger partial charge in [0.05, 0.1) is 5.69 Å². The molecule has 2 aromatic heterocycles. The predicted octanol–water partition coefficient (Wildman–Crippen LogP) is 3.34. The van der Waals surface area contributed by atoms with Crippen LogP contribution in [0.15, 0.2) is 29.2 Å². The average molecular weight is 399 g/mol. The standard InChI is InChI=1S/C21H29N5O3/c1-14-12-17(19(27)25(5)24-14)23-18-7-6-16(13-22-18)15-8-10-26(11-9-15)20(28)29-21(2,3)4/h6-7,12-13,15H,8-11H2,1-5H3,(H,22,23). The fourth-order valence-corrected chi connectivity index (χ4v) is 3.43. The topological polar surface area (TPSA) is 89.4 Å². The Morgan fingerprint density at radius 1 is 1.24 bits per heavy atom. The van der Waals surface area contributed by atoms with E-state index in [-0.39, 0.29) is 11.7 Å². The molecular formula is C21H29N5O3. The van der Waals surface area contributed by atoms with Crippen molar-refractivity contribution in [2.24, 2.45) is 7.05 Å². The Labute approximate surface area is 170 Å². The monoisotopic (exact) mass is 399 g/mol. The predicted molar refractivity (Wildman–Crippen MR) is 112 cm³/mol. The molecule has 0 aromatic carbocycles. The lowest BCUT2D eigenvalue weighted by Crippen LogP contribution is -2.41. The molecule has 3 rings (SSSR count). The second kappa shape index (κ2) is 8.23. The average Bonchev–Trinajstić information content (AvgIpc) is 2.65. The van der Waals surface area contributed by atoms with Gasteiger partial charge in [0.25, 0.3) is 5.56 Å². The molecule has 29 heavy (non-hydrogen) atoms. The highest BCUT2D eigenvalue weighted by Crippen LogP contribution is 2.29. The molecule has 1 amide bonds. The van der Waals surface area contributed by atoms with Gasteiger partial charge in [-0.15, -0.1) is 0 Å². The summed E-state index contributed by atoms with van der Waals surface area (Å²) < 4.78 is 6.76. The molecule has 0 bridgehead atoms. The van der Waals surface area contributed by atoms with E-state index in [4.69, 9.17) is 4.74 Å². The van der Waals surface area contributed by atoms with Crippen molar-refractivity contribution < 1.29 is 9.53 Å². The smallest absolute Gasteiger partial charge is 0.410 e. The quantitative estimate of drug-likeness (QED) is 0.851. The van der Waals surface area contributed by atoms with Crippen LogP contribution in [0.5, 0.6) is 0 Å². The number of aryl methyl sites for hydroxylation is 2. The number of hydrogen-bond donors (Lipinski definition) is 1. The minimum Gasteiger partial charge on any atom is -0.444 e. The number of rotatable bonds is 3. The lowest BCUT2D eigenvalue weighted by molar-refractivity contribution is 0.0205. The number of pyridine rings is 1. The van der Waals surface area contributed by atoms with Crippen molar-refractivity contribution in [3.63, 3.8) is 0 Å². The van der Waals surface area contributed by atoms with E-state index in [1.54, 1.807) is 18.0 Å². The molecule has 1 aliphatic heterocycles. The zero-order chi connectivity index (χ0) is 21.2. The number of piperidine rings is 1. The zero-order valence-corrected chi connectivity index (χ0v) is 17.7. The number of nitrogens with zero attached hydrogens (tertiary/aromatic N) is 4. The summed E-state index contributed by atoms with van der Waals surface area (Å²) in [6.07, 6.45) is 3.34. The first-order chi connectivity index (χ1) is 13.6. The molecule has 1 saturated heterocycles. The Morgan fingerprint density at radius 2 is 1.93 bits per heavy atom. The van der Waals surface area contributed by atoms with Gasteiger partial charge in [0, 0.05) is 26.3 Å². The van der Waals surface area contributed by atoms with E-state index in [1.165, 1.54) is 4.68 Å². The van der Waals surface area contributed by atoms with E-state index in [1.807, 2.05) is 46.0 Å². The SMILES string of the molecule is Cc1cc(Nc2ccc(C3CCN(C(=O)OC(C)(C)C)CC3)cn2)c(=O)n(C)n1. The van der Waals surface area contributed by atoms with Gasteiger partial charge in [-0.05, 0) is 64.2 Å². The van der Waals surface area contributed by atoms with Crippen LogP contribution in [0.4, 0.5) is 16.3 Å². The summed E-state index contributed by atoms with van der Waals surface area (Å²) in [7, 11) is 1.63. The van der Waals surface area contributed by atoms with Gasteiger partial charge in [-0.1, -0.05) is 6.07 Å². The van der Waals surface area contributed by atoms with E-state index < -0.39 is 5.60 Å². The van der Waals surface area contributed by atoms with Crippen LogP contribution < -0.4 is 10.9 Å².